The predicted molar refractivity (Wildman–Crippen MR) is 97.6 cm³/mol. The molecule has 0 bridgehead atoms. The van der Waals surface area contributed by atoms with Crippen LogP contribution in [0.4, 0.5) is 5.69 Å². The molecule has 1 spiro atoms. The zero-order valence-electron chi connectivity index (χ0n) is 14.4. The number of thioether (sulfide) groups is 1. The minimum Gasteiger partial charge on any atom is -0.493 e. The van der Waals surface area contributed by atoms with Crippen LogP contribution in [0.5, 0.6) is 5.75 Å². The first-order valence-electron chi connectivity index (χ1n) is 8.24. The number of nitrogen functional groups attached to an aromatic ring is 1. The van der Waals surface area contributed by atoms with Gasteiger partial charge in [0, 0.05) is 23.4 Å². The van der Waals surface area contributed by atoms with Crippen molar-refractivity contribution in [2.45, 2.75) is 51.2 Å². The summed E-state index contributed by atoms with van der Waals surface area (Å²) in [4.78, 5) is 17.1. The number of rotatable bonds is 2. The smallest absolute Gasteiger partial charge is 0.312 e. The molecular formula is C18H24N2O3S. The van der Waals surface area contributed by atoms with Crippen LogP contribution >= 0.6 is 11.8 Å². The molecule has 130 valence electrons. The molecule has 24 heavy (non-hydrogen) atoms. The van der Waals surface area contributed by atoms with E-state index in [1.54, 1.807) is 11.8 Å². The highest BCUT2D eigenvalue weighted by molar-refractivity contribution is 8.14. The fourth-order valence-electron chi connectivity index (χ4n) is 3.13. The number of nitrogens with zero attached hydrogens (tertiary/aromatic N) is 1. The molecule has 2 aliphatic rings. The number of hydrogen-bond donors (Lipinski definition) is 1. The van der Waals surface area contributed by atoms with Crippen LogP contribution < -0.4 is 10.5 Å². The molecule has 2 aliphatic heterocycles. The number of esters is 1. The Morgan fingerprint density at radius 3 is 2.96 bits per heavy atom. The van der Waals surface area contributed by atoms with Gasteiger partial charge in [0.25, 0.3) is 0 Å². The fourth-order valence-corrected chi connectivity index (χ4v) is 4.27. The second kappa shape index (κ2) is 6.31. The Kier molecular flexibility index (Phi) is 4.51. The number of benzene rings is 1. The Hall–Kier alpha value is -1.69. The minimum atomic E-state index is -0.478. The lowest BCUT2D eigenvalue weighted by atomic mass is 9.82. The van der Waals surface area contributed by atoms with Gasteiger partial charge in [0.1, 0.15) is 11.4 Å². The first-order chi connectivity index (χ1) is 11.3. The molecule has 1 aromatic rings. The molecule has 3 rings (SSSR count). The average Bonchev–Trinajstić information content (AvgIpc) is 2.46. The van der Waals surface area contributed by atoms with E-state index in [2.05, 4.69) is 0 Å². The van der Waals surface area contributed by atoms with E-state index in [9.17, 15) is 4.79 Å². The van der Waals surface area contributed by atoms with Gasteiger partial charge in [0.15, 0.2) is 0 Å². The second-order valence-corrected chi connectivity index (χ2v) is 8.42. The van der Waals surface area contributed by atoms with E-state index in [0.717, 1.165) is 35.0 Å². The van der Waals surface area contributed by atoms with E-state index >= 15 is 0 Å². The van der Waals surface area contributed by atoms with Crippen molar-refractivity contribution in [2.24, 2.45) is 4.99 Å². The Balaban J connectivity index is 1.87. The van der Waals surface area contributed by atoms with Crippen molar-refractivity contribution in [3.05, 3.63) is 23.8 Å². The molecule has 1 unspecified atom stereocenters. The predicted octanol–water partition coefficient (Wildman–Crippen LogP) is 3.51. The molecule has 0 amide bonds. The third kappa shape index (κ3) is 3.69. The van der Waals surface area contributed by atoms with Crippen LogP contribution in [-0.4, -0.2) is 29.0 Å². The fraction of sp³-hybridized carbons (Fsp3) is 0.556. The van der Waals surface area contributed by atoms with Crippen molar-refractivity contribution < 1.29 is 14.3 Å². The van der Waals surface area contributed by atoms with Gasteiger partial charge < -0.3 is 15.2 Å². The lowest BCUT2D eigenvalue weighted by molar-refractivity contribution is -0.153. The van der Waals surface area contributed by atoms with E-state index in [0.29, 0.717) is 12.3 Å². The largest absolute Gasteiger partial charge is 0.493 e. The van der Waals surface area contributed by atoms with Crippen molar-refractivity contribution in [3.8, 4) is 5.75 Å². The van der Waals surface area contributed by atoms with Crippen LogP contribution in [-0.2, 0) is 15.1 Å². The van der Waals surface area contributed by atoms with Crippen molar-refractivity contribution in [1.29, 1.82) is 0 Å². The second-order valence-electron chi connectivity index (χ2n) is 7.25. The van der Waals surface area contributed by atoms with E-state index in [4.69, 9.17) is 20.2 Å². The number of nitrogens with two attached hydrogens (primary N) is 1. The summed E-state index contributed by atoms with van der Waals surface area (Å²) >= 11 is 1.64. The van der Waals surface area contributed by atoms with Gasteiger partial charge in [-0.3, -0.25) is 9.79 Å². The molecular weight excluding hydrogens is 324 g/mol. The molecule has 1 aromatic carbocycles. The Labute approximate surface area is 147 Å². The first-order valence-corrected chi connectivity index (χ1v) is 9.22. The van der Waals surface area contributed by atoms with Gasteiger partial charge in [-0.1, -0.05) is 0 Å². The van der Waals surface area contributed by atoms with Crippen LogP contribution in [0.2, 0.25) is 0 Å². The summed E-state index contributed by atoms with van der Waals surface area (Å²) < 4.78 is 11.2. The van der Waals surface area contributed by atoms with E-state index in [1.807, 2.05) is 39.0 Å². The summed E-state index contributed by atoms with van der Waals surface area (Å²) in [5, 5.41) is 0.839. The zero-order valence-corrected chi connectivity index (χ0v) is 15.2. The third-order valence-corrected chi connectivity index (χ3v) is 5.09. The Bertz CT molecular complexity index is 681. The van der Waals surface area contributed by atoms with Crippen LogP contribution in [0.3, 0.4) is 0 Å². The van der Waals surface area contributed by atoms with E-state index in [-0.39, 0.29) is 17.9 Å². The molecule has 2 N–H and O–H groups in total. The van der Waals surface area contributed by atoms with Gasteiger partial charge in [-0.25, -0.2) is 0 Å². The quantitative estimate of drug-likeness (QED) is 0.654. The topological polar surface area (TPSA) is 73.9 Å². The third-order valence-electron chi connectivity index (χ3n) is 4.12. The van der Waals surface area contributed by atoms with Crippen molar-refractivity contribution in [1.82, 2.24) is 0 Å². The summed E-state index contributed by atoms with van der Waals surface area (Å²) in [6, 6.07) is 5.72. The van der Waals surface area contributed by atoms with Gasteiger partial charge in [0.05, 0.1) is 23.6 Å². The molecule has 0 aromatic heterocycles. The standard InChI is InChI=1S/C18H24N2O3S/c1-17(2,3)23-16(21)11-15-20-18(7-9-24-15)6-8-22-14-5-4-12(19)10-13(14)18/h4-5,10H,6-9,11,19H2,1-3H3. The Morgan fingerprint density at radius 1 is 1.42 bits per heavy atom. The summed E-state index contributed by atoms with van der Waals surface area (Å²) in [6.45, 7) is 6.25. The van der Waals surface area contributed by atoms with Crippen LogP contribution in [0.1, 0.15) is 45.6 Å². The molecule has 0 saturated heterocycles. The van der Waals surface area contributed by atoms with Gasteiger partial charge in [-0.15, -0.1) is 11.8 Å². The molecule has 5 nitrogen and oxygen atoms in total. The monoisotopic (exact) mass is 348 g/mol. The number of anilines is 1. The number of ether oxygens (including phenoxy) is 2. The maximum atomic E-state index is 12.1. The summed E-state index contributed by atoms with van der Waals surface area (Å²) in [6.07, 6.45) is 1.96. The van der Waals surface area contributed by atoms with Gasteiger partial charge in [-0.2, -0.15) is 0 Å². The highest BCUT2D eigenvalue weighted by Crippen LogP contribution is 2.46. The summed E-state index contributed by atoms with van der Waals surface area (Å²) in [7, 11) is 0. The van der Waals surface area contributed by atoms with Crippen molar-refractivity contribution >= 4 is 28.5 Å². The first kappa shape index (κ1) is 17.1. The lowest BCUT2D eigenvalue weighted by Crippen LogP contribution is -2.35. The zero-order chi connectivity index (χ0) is 17.4. The van der Waals surface area contributed by atoms with Crippen LogP contribution in [0.25, 0.3) is 0 Å². The molecule has 0 aliphatic carbocycles. The molecule has 6 heteroatoms. The number of carbonyl (C=O) groups is 1. The van der Waals surface area contributed by atoms with Crippen molar-refractivity contribution in [3.63, 3.8) is 0 Å². The normalized spacial score (nSPS) is 23.2. The maximum Gasteiger partial charge on any atom is 0.312 e. The number of hydrogen-bond acceptors (Lipinski definition) is 6. The molecule has 0 saturated carbocycles. The SMILES string of the molecule is CC(C)(C)OC(=O)CC1=NC2(CCOc3ccc(N)cc32)CCS1. The summed E-state index contributed by atoms with van der Waals surface area (Å²) in [5.74, 6) is 1.55. The van der Waals surface area contributed by atoms with Crippen molar-refractivity contribution in [2.75, 3.05) is 18.1 Å². The molecule has 0 fully saturated rings. The number of fused-ring (bicyclic) bond motifs is 2. The highest BCUT2D eigenvalue weighted by Gasteiger charge is 2.40. The van der Waals surface area contributed by atoms with E-state index < -0.39 is 5.60 Å². The molecule has 1 atom stereocenters. The average molecular weight is 348 g/mol. The minimum absolute atomic E-state index is 0.224. The lowest BCUT2D eigenvalue weighted by Gasteiger charge is -2.38. The van der Waals surface area contributed by atoms with Crippen LogP contribution in [0, 0.1) is 0 Å². The van der Waals surface area contributed by atoms with Gasteiger partial charge in [-0.05, 0) is 45.4 Å². The van der Waals surface area contributed by atoms with Gasteiger partial charge >= 0.3 is 5.97 Å². The Morgan fingerprint density at radius 2 is 2.21 bits per heavy atom. The summed E-state index contributed by atoms with van der Waals surface area (Å²) in [5.41, 5.74) is 6.91. The van der Waals surface area contributed by atoms with E-state index in [1.165, 1.54) is 0 Å². The van der Waals surface area contributed by atoms with Gasteiger partial charge in [0.2, 0.25) is 0 Å². The molecule has 2 heterocycles. The molecule has 0 radical (unpaired) electrons. The highest BCUT2D eigenvalue weighted by atomic mass is 32.2. The van der Waals surface area contributed by atoms with Crippen LogP contribution in [0.15, 0.2) is 23.2 Å². The maximum absolute atomic E-state index is 12.1. The number of aliphatic imine (C=N–C) groups is 1. The number of carbonyl (C=O) groups excluding carboxylic acids is 1.